The van der Waals surface area contributed by atoms with Gasteiger partial charge < -0.3 is 14.5 Å². The molecule has 254 valence electrons. The first-order valence-electron chi connectivity index (χ1n) is 17.9. The Morgan fingerprint density at radius 1 is 0.596 bits per heavy atom. The summed E-state index contributed by atoms with van der Waals surface area (Å²) in [4.78, 5) is 9.79. The van der Waals surface area contributed by atoms with Crippen LogP contribution in [0.1, 0.15) is 31.9 Å². The summed E-state index contributed by atoms with van der Waals surface area (Å²) in [7, 11) is 0. The number of hydrogen-bond acceptors (Lipinski definition) is 4. The summed E-state index contributed by atoms with van der Waals surface area (Å²) in [5.74, 6) is 2.45. The van der Waals surface area contributed by atoms with Gasteiger partial charge in [0.2, 0.25) is 0 Å². The predicted octanol–water partition coefficient (Wildman–Crippen LogP) is 12.1. The van der Waals surface area contributed by atoms with Crippen molar-refractivity contribution in [2.24, 2.45) is 0 Å². The summed E-state index contributed by atoms with van der Waals surface area (Å²) in [5, 5.41) is 2.34. The van der Waals surface area contributed by atoms with Crippen LogP contribution in [-0.2, 0) is 12.0 Å². The van der Waals surface area contributed by atoms with E-state index < -0.39 is 0 Å². The molecule has 5 nitrogen and oxygen atoms in total. The van der Waals surface area contributed by atoms with Crippen molar-refractivity contribution in [2.75, 3.05) is 16.5 Å². The number of nitrogens with zero attached hydrogens (tertiary/aromatic N) is 4. The van der Waals surface area contributed by atoms with Gasteiger partial charge in [-0.3, -0.25) is 4.57 Å². The van der Waals surface area contributed by atoms with Crippen molar-refractivity contribution >= 4 is 38.9 Å². The van der Waals surface area contributed by atoms with Crippen molar-refractivity contribution in [3.05, 3.63) is 175 Å². The summed E-state index contributed by atoms with van der Waals surface area (Å²) >= 11 is 0. The highest BCUT2D eigenvalue weighted by Crippen LogP contribution is 2.43. The van der Waals surface area contributed by atoms with Crippen molar-refractivity contribution < 1.29 is 4.74 Å². The molecule has 0 fully saturated rings. The van der Waals surface area contributed by atoms with Crippen molar-refractivity contribution in [3.63, 3.8) is 0 Å². The lowest BCUT2D eigenvalue weighted by molar-refractivity contribution is 0.483. The highest BCUT2D eigenvalue weighted by atomic mass is 16.5. The van der Waals surface area contributed by atoms with E-state index >= 15 is 0 Å². The minimum Gasteiger partial charge on any atom is -0.457 e. The van der Waals surface area contributed by atoms with Gasteiger partial charge in [0.05, 0.1) is 29.1 Å². The average molecular weight is 677 g/mol. The topological polar surface area (TPSA) is 33.5 Å². The zero-order valence-corrected chi connectivity index (χ0v) is 29.7. The van der Waals surface area contributed by atoms with Crippen LogP contribution < -0.4 is 14.5 Å². The molecule has 52 heavy (non-hydrogen) atoms. The molecule has 0 atom stereocenters. The lowest BCUT2D eigenvalue weighted by Crippen LogP contribution is -2.27. The molecule has 6 aromatic carbocycles. The van der Waals surface area contributed by atoms with E-state index in [1.807, 2.05) is 12.3 Å². The number of para-hydroxylation sites is 2. The number of anilines is 3. The SMILES string of the molecule is CC(C)(C)c1ccc(-n2c3ccc(-c4ccccc4)cc3c3ccc(Oc4cccc(N5CN(Cc6ccccc6)c6ccccc65)c4)cc32)nc1. The normalized spacial score (nSPS) is 12.8. The molecule has 2 aromatic heterocycles. The summed E-state index contributed by atoms with van der Waals surface area (Å²) in [6, 6.07) is 55.7. The molecular weight excluding hydrogens is 637 g/mol. The number of fused-ring (bicyclic) bond motifs is 4. The van der Waals surface area contributed by atoms with Crippen LogP contribution in [0, 0.1) is 0 Å². The van der Waals surface area contributed by atoms with Gasteiger partial charge in [-0.05, 0) is 82.3 Å². The van der Waals surface area contributed by atoms with Gasteiger partial charge in [-0.2, -0.15) is 0 Å². The second kappa shape index (κ2) is 12.8. The highest BCUT2D eigenvalue weighted by Gasteiger charge is 2.27. The van der Waals surface area contributed by atoms with E-state index in [1.165, 1.54) is 39.0 Å². The monoisotopic (exact) mass is 676 g/mol. The maximum absolute atomic E-state index is 6.67. The Bertz CT molecular complexity index is 2530. The largest absolute Gasteiger partial charge is 0.457 e. The lowest BCUT2D eigenvalue weighted by atomic mass is 9.88. The molecule has 9 rings (SSSR count). The van der Waals surface area contributed by atoms with Crippen molar-refractivity contribution in [3.8, 4) is 28.4 Å². The van der Waals surface area contributed by atoms with Crippen molar-refractivity contribution in [1.29, 1.82) is 0 Å². The Morgan fingerprint density at radius 3 is 2.12 bits per heavy atom. The van der Waals surface area contributed by atoms with Gasteiger partial charge in [0, 0.05) is 41.3 Å². The number of pyridine rings is 1. The van der Waals surface area contributed by atoms with E-state index in [9.17, 15) is 0 Å². The first-order valence-corrected chi connectivity index (χ1v) is 17.9. The minimum absolute atomic E-state index is 0.0177. The Balaban J connectivity index is 1.08. The van der Waals surface area contributed by atoms with Crippen LogP contribution in [-0.4, -0.2) is 16.2 Å². The fraction of sp³-hybridized carbons (Fsp3) is 0.128. The lowest BCUT2D eigenvalue weighted by Gasteiger charge is -2.22. The second-order valence-corrected chi connectivity index (χ2v) is 14.6. The summed E-state index contributed by atoms with van der Waals surface area (Å²) < 4.78 is 8.93. The van der Waals surface area contributed by atoms with E-state index in [0.717, 1.165) is 52.6 Å². The number of rotatable bonds is 7. The summed E-state index contributed by atoms with van der Waals surface area (Å²) in [6.45, 7) is 8.26. The van der Waals surface area contributed by atoms with Gasteiger partial charge in [-0.1, -0.05) is 112 Å². The first kappa shape index (κ1) is 31.6. The standard InChI is InChI=1S/C47H40N4O/c1-47(2,3)36-22-26-46(48-30-36)51-42-25-21-35(34-15-8-5-9-16-34)27-41(42)40-24-23-39(29-45(40)51)52-38-18-12-17-37(28-38)50-32-49(31-33-13-6-4-7-14-33)43-19-10-11-20-44(43)50/h4-30H,31-32H2,1-3H3. The van der Waals surface area contributed by atoms with Crippen LogP contribution >= 0.6 is 0 Å². The third-order valence-electron chi connectivity index (χ3n) is 10.1. The Hall–Kier alpha value is -6.33. The number of ether oxygens (including phenoxy) is 1. The molecule has 0 radical (unpaired) electrons. The van der Waals surface area contributed by atoms with Gasteiger partial charge in [-0.15, -0.1) is 0 Å². The molecule has 5 heteroatoms. The van der Waals surface area contributed by atoms with Crippen LogP contribution in [0.15, 0.2) is 164 Å². The van der Waals surface area contributed by atoms with E-state index in [2.05, 4.69) is 187 Å². The van der Waals surface area contributed by atoms with Gasteiger partial charge in [0.1, 0.15) is 17.3 Å². The Kier molecular flexibility index (Phi) is 7.77. The maximum atomic E-state index is 6.67. The Morgan fingerprint density at radius 2 is 1.35 bits per heavy atom. The molecule has 0 aliphatic carbocycles. The molecule has 0 bridgehead atoms. The predicted molar refractivity (Wildman–Crippen MR) is 215 cm³/mol. The van der Waals surface area contributed by atoms with Crippen LogP contribution in [0.4, 0.5) is 17.1 Å². The van der Waals surface area contributed by atoms with Gasteiger partial charge in [0.15, 0.2) is 0 Å². The zero-order chi connectivity index (χ0) is 35.2. The van der Waals surface area contributed by atoms with Crippen molar-refractivity contribution in [2.45, 2.75) is 32.7 Å². The molecule has 0 amide bonds. The van der Waals surface area contributed by atoms with E-state index in [-0.39, 0.29) is 5.41 Å². The first-order chi connectivity index (χ1) is 25.4. The van der Waals surface area contributed by atoms with E-state index in [1.54, 1.807) is 0 Å². The van der Waals surface area contributed by atoms with E-state index in [4.69, 9.17) is 9.72 Å². The zero-order valence-electron chi connectivity index (χ0n) is 29.7. The summed E-state index contributed by atoms with van der Waals surface area (Å²) in [6.07, 6.45) is 2.01. The molecule has 0 spiro atoms. The smallest absolute Gasteiger partial charge is 0.137 e. The molecule has 0 N–H and O–H groups in total. The fourth-order valence-corrected chi connectivity index (χ4v) is 7.38. The molecular formula is C47H40N4O. The van der Waals surface area contributed by atoms with Gasteiger partial charge in [0.25, 0.3) is 0 Å². The molecule has 8 aromatic rings. The number of aromatic nitrogens is 2. The molecule has 0 unspecified atom stereocenters. The highest BCUT2D eigenvalue weighted by molar-refractivity contribution is 6.10. The van der Waals surface area contributed by atoms with Gasteiger partial charge in [-0.25, -0.2) is 4.98 Å². The summed E-state index contributed by atoms with van der Waals surface area (Å²) in [5.41, 5.74) is 10.6. The molecule has 1 aliphatic rings. The molecule has 1 aliphatic heterocycles. The van der Waals surface area contributed by atoms with Crippen LogP contribution in [0.2, 0.25) is 0 Å². The third kappa shape index (κ3) is 5.84. The molecule has 0 saturated carbocycles. The van der Waals surface area contributed by atoms with Crippen LogP contribution in [0.25, 0.3) is 38.8 Å². The molecule has 0 saturated heterocycles. The number of hydrogen-bond donors (Lipinski definition) is 0. The maximum Gasteiger partial charge on any atom is 0.137 e. The van der Waals surface area contributed by atoms with Crippen LogP contribution in [0.5, 0.6) is 11.5 Å². The minimum atomic E-state index is 0.0177. The van der Waals surface area contributed by atoms with E-state index in [0.29, 0.717) is 0 Å². The second-order valence-electron chi connectivity index (χ2n) is 14.6. The third-order valence-corrected chi connectivity index (χ3v) is 10.1. The number of benzene rings is 6. The molecule has 3 heterocycles. The van der Waals surface area contributed by atoms with Crippen molar-refractivity contribution in [1.82, 2.24) is 9.55 Å². The average Bonchev–Trinajstić information content (AvgIpc) is 3.70. The van der Waals surface area contributed by atoms with Gasteiger partial charge >= 0.3 is 0 Å². The fourth-order valence-electron chi connectivity index (χ4n) is 7.38. The Labute approximate surface area is 305 Å². The quantitative estimate of drug-likeness (QED) is 0.168. The van der Waals surface area contributed by atoms with Crippen LogP contribution in [0.3, 0.4) is 0 Å².